The summed E-state index contributed by atoms with van der Waals surface area (Å²) < 4.78 is 10.0. The molecule has 6 heteroatoms. The lowest BCUT2D eigenvalue weighted by Crippen LogP contribution is -2.45. The number of hydrogen-bond donors (Lipinski definition) is 2. The highest BCUT2D eigenvalue weighted by Gasteiger charge is 2.25. The highest BCUT2D eigenvalue weighted by Crippen LogP contribution is 2.12. The van der Waals surface area contributed by atoms with E-state index in [4.69, 9.17) is 14.6 Å². The van der Waals surface area contributed by atoms with Crippen molar-refractivity contribution in [3.63, 3.8) is 0 Å². The van der Waals surface area contributed by atoms with E-state index >= 15 is 0 Å². The van der Waals surface area contributed by atoms with Crippen molar-refractivity contribution < 1.29 is 24.2 Å². The zero-order valence-electron chi connectivity index (χ0n) is 12.5. The van der Waals surface area contributed by atoms with Crippen molar-refractivity contribution in [2.24, 2.45) is 5.92 Å². The number of amides is 1. The van der Waals surface area contributed by atoms with Crippen LogP contribution in [0.15, 0.2) is 24.3 Å². The molecule has 1 amide bonds. The van der Waals surface area contributed by atoms with E-state index in [1.807, 2.05) is 6.92 Å². The average molecular weight is 295 g/mol. The summed E-state index contributed by atoms with van der Waals surface area (Å²) in [6, 6.07) is 6.12. The van der Waals surface area contributed by atoms with Crippen molar-refractivity contribution in [3.8, 4) is 5.75 Å². The molecule has 0 aliphatic rings. The fourth-order valence-electron chi connectivity index (χ4n) is 1.72. The monoisotopic (exact) mass is 295 g/mol. The molecular weight excluding hydrogens is 274 g/mol. The molecule has 0 aliphatic carbocycles. The molecule has 0 saturated heterocycles. The topological polar surface area (TPSA) is 84.9 Å². The first-order chi connectivity index (χ1) is 9.97. The maximum atomic E-state index is 11.7. The van der Waals surface area contributed by atoms with Gasteiger partial charge in [0, 0.05) is 0 Å². The molecule has 0 fully saturated rings. The Hall–Kier alpha value is -2.24. The number of carboxylic acids is 1. The highest BCUT2D eigenvalue weighted by molar-refractivity contribution is 5.80. The van der Waals surface area contributed by atoms with Crippen LogP contribution in [0.3, 0.4) is 0 Å². The van der Waals surface area contributed by atoms with Crippen molar-refractivity contribution >= 4 is 12.1 Å². The molecule has 0 heterocycles. The van der Waals surface area contributed by atoms with Crippen molar-refractivity contribution in [2.45, 2.75) is 32.9 Å². The fourth-order valence-corrected chi connectivity index (χ4v) is 1.72. The number of carboxylic acid groups (broad SMARTS) is 1. The Morgan fingerprint density at radius 1 is 1.29 bits per heavy atom. The van der Waals surface area contributed by atoms with Gasteiger partial charge in [0.05, 0.1) is 7.11 Å². The molecule has 1 rings (SSSR count). The van der Waals surface area contributed by atoms with E-state index in [2.05, 4.69) is 5.32 Å². The van der Waals surface area contributed by atoms with Gasteiger partial charge >= 0.3 is 12.1 Å². The first-order valence-electron chi connectivity index (χ1n) is 6.77. The minimum atomic E-state index is -1.06. The lowest BCUT2D eigenvalue weighted by atomic mass is 10.00. The molecule has 2 atom stereocenters. The van der Waals surface area contributed by atoms with Gasteiger partial charge in [-0.3, -0.25) is 0 Å². The summed E-state index contributed by atoms with van der Waals surface area (Å²) in [5.41, 5.74) is 0.793. The third-order valence-corrected chi connectivity index (χ3v) is 3.28. The van der Waals surface area contributed by atoms with Crippen LogP contribution in [0.1, 0.15) is 25.8 Å². The molecular formula is C15H21NO5. The lowest BCUT2D eigenvalue weighted by Gasteiger charge is -2.19. The molecule has 2 unspecified atom stereocenters. The zero-order valence-corrected chi connectivity index (χ0v) is 12.5. The molecule has 2 N–H and O–H groups in total. The molecule has 6 nitrogen and oxygen atoms in total. The van der Waals surface area contributed by atoms with Crippen molar-refractivity contribution in [1.82, 2.24) is 5.32 Å². The third-order valence-electron chi connectivity index (χ3n) is 3.28. The van der Waals surface area contributed by atoms with E-state index in [9.17, 15) is 9.59 Å². The summed E-state index contributed by atoms with van der Waals surface area (Å²) in [5.74, 6) is -0.521. The molecule has 0 spiro atoms. The summed E-state index contributed by atoms with van der Waals surface area (Å²) >= 11 is 0. The van der Waals surface area contributed by atoms with Gasteiger partial charge in [-0.05, 0) is 23.6 Å². The lowest BCUT2D eigenvalue weighted by molar-refractivity contribution is -0.140. The minimum Gasteiger partial charge on any atom is -0.497 e. The van der Waals surface area contributed by atoms with E-state index in [1.54, 1.807) is 38.3 Å². The Bertz CT molecular complexity index is 471. The van der Waals surface area contributed by atoms with Gasteiger partial charge in [-0.25, -0.2) is 9.59 Å². The summed E-state index contributed by atoms with van der Waals surface area (Å²) in [6.07, 6.45) is -0.0889. The number of carbonyl (C=O) groups is 2. The first-order valence-corrected chi connectivity index (χ1v) is 6.77. The van der Waals surface area contributed by atoms with Crippen LogP contribution in [0.5, 0.6) is 5.75 Å². The smallest absolute Gasteiger partial charge is 0.408 e. The van der Waals surface area contributed by atoms with Gasteiger partial charge in [0.2, 0.25) is 0 Å². The van der Waals surface area contributed by atoms with Gasteiger partial charge in [0.1, 0.15) is 18.4 Å². The van der Waals surface area contributed by atoms with E-state index in [0.29, 0.717) is 12.2 Å². The quantitative estimate of drug-likeness (QED) is 0.807. The number of aliphatic carboxylic acids is 1. The van der Waals surface area contributed by atoms with Gasteiger partial charge < -0.3 is 19.9 Å². The van der Waals surface area contributed by atoms with E-state index in [-0.39, 0.29) is 12.5 Å². The highest BCUT2D eigenvalue weighted by atomic mass is 16.5. The maximum Gasteiger partial charge on any atom is 0.408 e. The number of rotatable bonds is 7. The molecule has 0 radical (unpaired) electrons. The van der Waals surface area contributed by atoms with Gasteiger partial charge in [-0.2, -0.15) is 0 Å². The van der Waals surface area contributed by atoms with Crippen molar-refractivity contribution in [2.75, 3.05) is 7.11 Å². The van der Waals surface area contributed by atoms with Gasteiger partial charge in [-0.1, -0.05) is 32.4 Å². The van der Waals surface area contributed by atoms with E-state index < -0.39 is 18.1 Å². The van der Waals surface area contributed by atoms with E-state index in [1.165, 1.54) is 0 Å². The van der Waals surface area contributed by atoms with Crippen LogP contribution in [-0.2, 0) is 16.1 Å². The third kappa shape index (κ3) is 5.33. The molecule has 1 aromatic carbocycles. The summed E-state index contributed by atoms with van der Waals surface area (Å²) in [4.78, 5) is 22.7. The number of nitrogens with one attached hydrogen (secondary N) is 1. The number of benzene rings is 1. The summed E-state index contributed by atoms with van der Waals surface area (Å²) in [6.45, 7) is 3.70. The predicted octanol–water partition coefficient (Wildman–Crippen LogP) is 2.42. The number of ether oxygens (including phenoxy) is 2. The second kappa shape index (κ2) is 8.14. The summed E-state index contributed by atoms with van der Waals surface area (Å²) in [5, 5.41) is 11.5. The van der Waals surface area contributed by atoms with Crippen LogP contribution in [0, 0.1) is 5.92 Å². The predicted molar refractivity (Wildman–Crippen MR) is 77.2 cm³/mol. The van der Waals surface area contributed by atoms with Crippen LogP contribution in [0.4, 0.5) is 4.79 Å². The zero-order chi connectivity index (χ0) is 15.8. The van der Waals surface area contributed by atoms with E-state index in [0.717, 1.165) is 5.56 Å². The van der Waals surface area contributed by atoms with Crippen molar-refractivity contribution in [3.05, 3.63) is 29.8 Å². The average Bonchev–Trinajstić information content (AvgIpc) is 2.50. The molecule has 21 heavy (non-hydrogen) atoms. The molecule has 0 aliphatic heterocycles. The standard InChI is InChI=1S/C15H21NO5/c1-4-10(2)13(14(17)18)16-15(19)21-9-11-5-7-12(20-3)8-6-11/h5-8,10,13H,4,9H2,1-3H3,(H,16,19)(H,17,18). The Labute approximate surface area is 124 Å². The first kappa shape index (κ1) is 16.8. The van der Waals surface area contributed by atoms with Crippen molar-refractivity contribution in [1.29, 1.82) is 0 Å². The minimum absolute atomic E-state index is 0.0721. The second-order valence-corrected chi connectivity index (χ2v) is 4.77. The Balaban J connectivity index is 2.50. The molecule has 0 bridgehead atoms. The van der Waals surface area contributed by atoms with Crippen LogP contribution in [0.2, 0.25) is 0 Å². The van der Waals surface area contributed by atoms with Crippen LogP contribution in [0.25, 0.3) is 0 Å². The number of hydrogen-bond acceptors (Lipinski definition) is 4. The number of carbonyl (C=O) groups excluding carboxylic acids is 1. The molecule has 116 valence electrons. The second-order valence-electron chi connectivity index (χ2n) is 4.77. The van der Waals surface area contributed by atoms with Crippen LogP contribution >= 0.6 is 0 Å². The number of alkyl carbamates (subject to hydrolysis) is 1. The Morgan fingerprint density at radius 2 is 1.90 bits per heavy atom. The Morgan fingerprint density at radius 3 is 2.38 bits per heavy atom. The normalized spacial score (nSPS) is 13.1. The largest absolute Gasteiger partial charge is 0.497 e. The Kier molecular flexibility index (Phi) is 6.52. The van der Waals surface area contributed by atoms with Gasteiger partial charge in [0.25, 0.3) is 0 Å². The summed E-state index contributed by atoms with van der Waals surface area (Å²) in [7, 11) is 1.57. The molecule has 0 aromatic heterocycles. The molecule has 0 saturated carbocycles. The van der Waals surface area contributed by atoms with Gasteiger partial charge in [0.15, 0.2) is 0 Å². The maximum absolute atomic E-state index is 11.7. The number of methoxy groups -OCH3 is 1. The SMILES string of the molecule is CCC(C)C(NC(=O)OCc1ccc(OC)cc1)C(=O)O. The fraction of sp³-hybridized carbons (Fsp3) is 0.467. The van der Waals surface area contributed by atoms with Crippen LogP contribution in [-0.4, -0.2) is 30.3 Å². The van der Waals surface area contributed by atoms with Gasteiger partial charge in [-0.15, -0.1) is 0 Å². The van der Waals surface area contributed by atoms with Crippen LogP contribution < -0.4 is 10.1 Å². The molecule has 1 aromatic rings.